The Morgan fingerprint density at radius 3 is 2.47 bits per heavy atom. The highest BCUT2D eigenvalue weighted by Crippen LogP contribution is 2.25. The van der Waals surface area contributed by atoms with E-state index in [-0.39, 0.29) is 12.3 Å². The van der Waals surface area contributed by atoms with Crippen LogP contribution in [0.5, 0.6) is 0 Å². The zero-order chi connectivity index (χ0) is 13.8. The van der Waals surface area contributed by atoms with Crippen molar-refractivity contribution in [2.75, 3.05) is 13.1 Å². The molecular formula is C15H19NO3. The van der Waals surface area contributed by atoms with E-state index in [1.165, 1.54) is 0 Å². The highest BCUT2D eigenvalue weighted by Gasteiger charge is 2.28. The minimum Gasteiger partial charge on any atom is -0.481 e. The van der Waals surface area contributed by atoms with E-state index in [0.29, 0.717) is 0 Å². The quantitative estimate of drug-likeness (QED) is 0.903. The van der Waals surface area contributed by atoms with Crippen molar-refractivity contribution in [1.29, 1.82) is 0 Å². The standard InChI is InChI=1S/C15H19NO3/c1-11-6-2-3-7-12(11)13(15(18)19)10-14(17)16-8-4-5-9-16/h2-3,6-7,13H,4-5,8-10H2,1H3,(H,18,19). The maximum Gasteiger partial charge on any atom is 0.311 e. The van der Waals surface area contributed by atoms with Gasteiger partial charge in [0, 0.05) is 19.5 Å². The van der Waals surface area contributed by atoms with E-state index < -0.39 is 11.9 Å². The topological polar surface area (TPSA) is 57.6 Å². The Hall–Kier alpha value is -1.84. The Kier molecular flexibility index (Phi) is 4.20. The van der Waals surface area contributed by atoms with Crippen molar-refractivity contribution in [3.05, 3.63) is 35.4 Å². The van der Waals surface area contributed by atoms with Crippen molar-refractivity contribution < 1.29 is 14.7 Å². The Labute approximate surface area is 113 Å². The number of hydrogen-bond donors (Lipinski definition) is 1. The second-order valence-electron chi connectivity index (χ2n) is 5.04. The van der Waals surface area contributed by atoms with Gasteiger partial charge >= 0.3 is 5.97 Å². The number of carboxylic acids is 1. The van der Waals surface area contributed by atoms with E-state index in [9.17, 15) is 14.7 Å². The average Bonchev–Trinajstić information content (AvgIpc) is 2.90. The first-order chi connectivity index (χ1) is 9.09. The highest BCUT2D eigenvalue weighted by atomic mass is 16.4. The number of amides is 1. The lowest BCUT2D eigenvalue weighted by molar-refractivity contribution is -0.142. The van der Waals surface area contributed by atoms with Gasteiger partial charge in [0.05, 0.1) is 5.92 Å². The maximum absolute atomic E-state index is 12.1. The SMILES string of the molecule is Cc1ccccc1C(CC(=O)N1CCCC1)C(=O)O. The summed E-state index contributed by atoms with van der Waals surface area (Å²) in [4.78, 5) is 25.3. The van der Waals surface area contributed by atoms with Crippen LogP contribution in [0.2, 0.25) is 0 Å². The molecule has 1 aliphatic heterocycles. The van der Waals surface area contributed by atoms with Crippen LogP contribution in [-0.4, -0.2) is 35.0 Å². The van der Waals surface area contributed by atoms with E-state index >= 15 is 0 Å². The molecule has 102 valence electrons. The predicted molar refractivity (Wildman–Crippen MR) is 72.0 cm³/mol. The predicted octanol–water partition coefficient (Wildman–Crippen LogP) is 2.18. The summed E-state index contributed by atoms with van der Waals surface area (Å²) in [5.74, 6) is -1.72. The zero-order valence-electron chi connectivity index (χ0n) is 11.1. The molecule has 4 heteroatoms. The number of hydrogen-bond acceptors (Lipinski definition) is 2. The third-order valence-corrected chi connectivity index (χ3v) is 3.70. The Bertz CT molecular complexity index is 478. The molecule has 1 atom stereocenters. The van der Waals surface area contributed by atoms with Crippen LogP contribution >= 0.6 is 0 Å². The summed E-state index contributed by atoms with van der Waals surface area (Å²) in [7, 11) is 0. The van der Waals surface area contributed by atoms with Gasteiger partial charge in [0.2, 0.25) is 5.91 Å². The first-order valence-corrected chi connectivity index (χ1v) is 6.65. The second-order valence-corrected chi connectivity index (χ2v) is 5.04. The summed E-state index contributed by atoms with van der Waals surface area (Å²) in [6.07, 6.45) is 2.10. The molecule has 1 saturated heterocycles. The van der Waals surface area contributed by atoms with Crippen LogP contribution in [0.15, 0.2) is 24.3 Å². The minimum atomic E-state index is -0.929. The van der Waals surface area contributed by atoms with E-state index in [4.69, 9.17) is 0 Å². The van der Waals surface area contributed by atoms with Gasteiger partial charge in [-0.25, -0.2) is 0 Å². The third-order valence-electron chi connectivity index (χ3n) is 3.70. The molecule has 1 aliphatic rings. The molecule has 1 aromatic rings. The first-order valence-electron chi connectivity index (χ1n) is 6.65. The van der Waals surface area contributed by atoms with Crippen LogP contribution in [0.3, 0.4) is 0 Å². The molecule has 4 nitrogen and oxygen atoms in total. The monoisotopic (exact) mass is 261 g/mol. The van der Waals surface area contributed by atoms with Gasteiger partial charge in [-0.15, -0.1) is 0 Å². The number of carbonyl (C=O) groups is 2. The summed E-state index contributed by atoms with van der Waals surface area (Å²) in [6.45, 7) is 3.41. The molecule has 1 amide bonds. The van der Waals surface area contributed by atoms with E-state index in [1.54, 1.807) is 11.0 Å². The number of rotatable bonds is 4. The van der Waals surface area contributed by atoms with E-state index in [2.05, 4.69) is 0 Å². The molecule has 0 bridgehead atoms. The highest BCUT2D eigenvalue weighted by molar-refractivity contribution is 5.86. The fourth-order valence-electron chi connectivity index (χ4n) is 2.58. The van der Waals surface area contributed by atoms with Gasteiger partial charge in [0.1, 0.15) is 0 Å². The molecular weight excluding hydrogens is 242 g/mol. The van der Waals surface area contributed by atoms with Crippen LogP contribution in [0.4, 0.5) is 0 Å². The van der Waals surface area contributed by atoms with Crippen molar-refractivity contribution in [2.24, 2.45) is 0 Å². The fourth-order valence-corrected chi connectivity index (χ4v) is 2.58. The van der Waals surface area contributed by atoms with Crippen LogP contribution in [-0.2, 0) is 9.59 Å². The number of aryl methyl sites for hydroxylation is 1. The summed E-state index contributed by atoms with van der Waals surface area (Å²) in [5.41, 5.74) is 1.66. The number of aliphatic carboxylic acids is 1. The normalized spacial score (nSPS) is 16.4. The van der Waals surface area contributed by atoms with Crippen molar-refractivity contribution >= 4 is 11.9 Å². The summed E-state index contributed by atoms with van der Waals surface area (Å²) < 4.78 is 0. The smallest absolute Gasteiger partial charge is 0.311 e. The van der Waals surface area contributed by atoms with Crippen LogP contribution in [0.1, 0.15) is 36.3 Å². The van der Waals surface area contributed by atoms with Gasteiger partial charge in [-0.2, -0.15) is 0 Å². The lowest BCUT2D eigenvalue weighted by Crippen LogP contribution is -2.30. The molecule has 0 radical (unpaired) electrons. The third kappa shape index (κ3) is 3.13. The number of benzene rings is 1. The number of nitrogens with zero attached hydrogens (tertiary/aromatic N) is 1. The summed E-state index contributed by atoms with van der Waals surface area (Å²) in [5, 5.41) is 9.37. The van der Waals surface area contributed by atoms with Crippen molar-refractivity contribution in [3.8, 4) is 0 Å². The first kappa shape index (κ1) is 13.6. The van der Waals surface area contributed by atoms with Crippen molar-refractivity contribution in [2.45, 2.75) is 32.1 Å². The zero-order valence-corrected chi connectivity index (χ0v) is 11.1. The van der Waals surface area contributed by atoms with Gasteiger partial charge in [-0.3, -0.25) is 9.59 Å². The van der Waals surface area contributed by atoms with Gasteiger partial charge in [-0.05, 0) is 30.9 Å². The molecule has 1 aromatic carbocycles. The molecule has 1 fully saturated rings. The van der Waals surface area contributed by atoms with Gasteiger partial charge in [-0.1, -0.05) is 24.3 Å². The Morgan fingerprint density at radius 2 is 1.89 bits per heavy atom. The Morgan fingerprint density at radius 1 is 1.26 bits per heavy atom. The Balaban J connectivity index is 2.15. The minimum absolute atomic E-state index is 0.0480. The molecule has 0 aromatic heterocycles. The number of likely N-dealkylation sites (tertiary alicyclic amines) is 1. The van der Waals surface area contributed by atoms with E-state index in [0.717, 1.165) is 37.1 Å². The number of carbonyl (C=O) groups excluding carboxylic acids is 1. The molecule has 0 saturated carbocycles. The number of carboxylic acid groups (broad SMARTS) is 1. The molecule has 1 N–H and O–H groups in total. The molecule has 0 aliphatic carbocycles. The van der Waals surface area contributed by atoms with Crippen molar-refractivity contribution in [3.63, 3.8) is 0 Å². The molecule has 2 rings (SSSR count). The summed E-state index contributed by atoms with van der Waals surface area (Å²) >= 11 is 0. The lowest BCUT2D eigenvalue weighted by Gasteiger charge is -2.19. The van der Waals surface area contributed by atoms with Crippen LogP contribution < -0.4 is 0 Å². The average molecular weight is 261 g/mol. The maximum atomic E-state index is 12.1. The van der Waals surface area contributed by atoms with Gasteiger partial charge in [0.25, 0.3) is 0 Å². The molecule has 1 heterocycles. The summed E-state index contributed by atoms with van der Waals surface area (Å²) in [6, 6.07) is 7.37. The van der Waals surface area contributed by atoms with Crippen LogP contribution in [0.25, 0.3) is 0 Å². The second kappa shape index (κ2) is 5.87. The molecule has 0 spiro atoms. The molecule has 1 unspecified atom stereocenters. The van der Waals surface area contributed by atoms with Gasteiger partial charge < -0.3 is 10.0 Å². The van der Waals surface area contributed by atoms with Gasteiger partial charge in [0.15, 0.2) is 0 Å². The van der Waals surface area contributed by atoms with E-state index in [1.807, 2.05) is 25.1 Å². The van der Waals surface area contributed by atoms with Crippen molar-refractivity contribution in [1.82, 2.24) is 4.90 Å². The largest absolute Gasteiger partial charge is 0.481 e. The lowest BCUT2D eigenvalue weighted by atomic mass is 9.91. The molecule has 19 heavy (non-hydrogen) atoms. The fraction of sp³-hybridized carbons (Fsp3) is 0.467. The van der Waals surface area contributed by atoms with Crippen LogP contribution in [0, 0.1) is 6.92 Å².